The third-order valence-electron chi connectivity index (χ3n) is 5.63. The van der Waals surface area contributed by atoms with Gasteiger partial charge in [0.2, 0.25) is 0 Å². The number of ether oxygens (including phenoxy) is 4. The highest BCUT2D eigenvalue weighted by molar-refractivity contribution is 5.90. The Morgan fingerprint density at radius 2 is 1.27 bits per heavy atom. The second kappa shape index (κ2) is 15.6. The van der Waals surface area contributed by atoms with Gasteiger partial charge < -0.3 is 24.1 Å². The molecule has 0 atom stereocenters. The molecule has 0 aliphatic heterocycles. The maximum Gasteiger partial charge on any atom is 0.338 e. The van der Waals surface area contributed by atoms with Crippen LogP contribution in [0.2, 0.25) is 0 Å². The van der Waals surface area contributed by atoms with Gasteiger partial charge in [-0.05, 0) is 78.9 Å². The largest absolute Gasteiger partial charge is 0.494 e. The summed E-state index contributed by atoms with van der Waals surface area (Å²) in [6.07, 6.45) is 4.35. The van der Waals surface area contributed by atoms with Gasteiger partial charge in [0.05, 0.1) is 25.4 Å². The molecule has 0 amide bonds. The van der Waals surface area contributed by atoms with Crippen molar-refractivity contribution in [2.75, 3.05) is 19.8 Å². The molecule has 3 aromatic rings. The van der Waals surface area contributed by atoms with Gasteiger partial charge in [0.25, 0.3) is 0 Å². The molecule has 41 heavy (non-hydrogen) atoms. The van der Waals surface area contributed by atoms with Crippen molar-refractivity contribution in [3.63, 3.8) is 0 Å². The zero-order valence-electron chi connectivity index (χ0n) is 22.8. The molecule has 8 heteroatoms. The molecule has 0 radical (unpaired) electrons. The first-order chi connectivity index (χ1) is 19.7. The number of aliphatic hydroxyl groups excluding tert-OH is 1. The Hall–Kier alpha value is -4.95. The van der Waals surface area contributed by atoms with E-state index in [9.17, 15) is 14.4 Å². The third kappa shape index (κ3) is 10.3. The standard InChI is InChI=1S/C33H32O8/c1-23(2)32(36)41-30-17-15-29(16-18-30)40-31(35)19-8-25-6-9-26(10-7-25)27-11-13-28(14-12-27)38-20-4-5-21-39-33(37)24(3)22-34/h6-19,34H,1,3-5,20-22H2,2H3/b19-8+. The van der Waals surface area contributed by atoms with Crippen molar-refractivity contribution < 1.29 is 38.4 Å². The number of unbranched alkanes of at least 4 members (excludes halogenated alkanes) is 1. The summed E-state index contributed by atoms with van der Waals surface area (Å²) in [7, 11) is 0. The number of aliphatic hydroxyl groups is 1. The average molecular weight is 557 g/mol. The molecular formula is C33H32O8. The van der Waals surface area contributed by atoms with E-state index in [1.54, 1.807) is 13.0 Å². The highest BCUT2D eigenvalue weighted by Crippen LogP contribution is 2.24. The van der Waals surface area contributed by atoms with Crippen LogP contribution >= 0.6 is 0 Å². The van der Waals surface area contributed by atoms with E-state index >= 15 is 0 Å². The van der Waals surface area contributed by atoms with Gasteiger partial charge in [0.1, 0.15) is 17.2 Å². The molecule has 0 aromatic heterocycles. The van der Waals surface area contributed by atoms with Gasteiger partial charge in [0.15, 0.2) is 0 Å². The highest BCUT2D eigenvalue weighted by atomic mass is 16.5. The van der Waals surface area contributed by atoms with E-state index in [1.165, 1.54) is 30.3 Å². The van der Waals surface area contributed by atoms with Crippen LogP contribution in [0.5, 0.6) is 17.2 Å². The smallest absolute Gasteiger partial charge is 0.338 e. The van der Waals surface area contributed by atoms with Gasteiger partial charge in [-0.25, -0.2) is 14.4 Å². The Labute approximate surface area is 239 Å². The summed E-state index contributed by atoms with van der Waals surface area (Å²) in [5.41, 5.74) is 3.18. The number of carbonyl (C=O) groups is 3. The van der Waals surface area contributed by atoms with Crippen molar-refractivity contribution in [1.82, 2.24) is 0 Å². The van der Waals surface area contributed by atoms with Crippen LogP contribution in [0.25, 0.3) is 17.2 Å². The van der Waals surface area contributed by atoms with Crippen LogP contribution in [0.1, 0.15) is 25.3 Å². The quantitative estimate of drug-likeness (QED) is 0.117. The molecule has 8 nitrogen and oxygen atoms in total. The van der Waals surface area contributed by atoms with Crippen molar-refractivity contribution in [2.45, 2.75) is 19.8 Å². The van der Waals surface area contributed by atoms with Crippen LogP contribution < -0.4 is 14.2 Å². The minimum atomic E-state index is -0.583. The molecule has 0 saturated heterocycles. The lowest BCUT2D eigenvalue weighted by Crippen LogP contribution is -2.11. The Morgan fingerprint density at radius 3 is 1.85 bits per heavy atom. The fraction of sp³-hybridized carbons (Fsp3) is 0.182. The van der Waals surface area contributed by atoms with Crippen LogP contribution in [0.15, 0.2) is 103 Å². The number of benzene rings is 3. The molecule has 3 aromatic carbocycles. The fourth-order valence-corrected chi connectivity index (χ4v) is 3.34. The van der Waals surface area contributed by atoms with Gasteiger partial charge in [-0.1, -0.05) is 49.6 Å². The summed E-state index contributed by atoms with van der Waals surface area (Å²) in [6, 6.07) is 21.6. The Morgan fingerprint density at radius 1 is 0.732 bits per heavy atom. The molecule has 1 N–H and O–H groups in total. The molecule has 0 bridgehead atoms. The molecule has 212 valence electrons. The summed E-state index contributed by atoms with van der Waals surface area (Å²) < 4.78 is 21.1. The molecule has 0 heterocycles. The van der Waals surface area contributed by atoms with Crippen LogP contribution in [-0.4, -0.2) is 42.8 Å². The van der Waals surface area contributed by atoms with E-state index in [4.69, 9.17) is 24.1 Å². The topological polar surface area (TPSA) is 108 Å². The number of esters is 3. The van der Waals surface area contributed by atoms with E-state index in [0.29, 0.717) is 30.9 Å². The summed E-state index contributed by atoms with van der Waals surface area (Å²) in [5.74, 6) is -0.257. The van der Waals surface area contributed by atoms with Crippen LogP contribution in [0, 0.1) is 0 Å². The van der Waals surface area contributed by atoms with E-state index in [1.807, 2.05) is 48.5 Å². The molecule has 0 fully saturated rings. The Balaban J connectivity index is 1.42. The van der Waals surface area contributed by atoms with Crippen molar-refractivity contribution in [2.24, 2.45) is 0 Å². The maximum atomic E-state index is 12.2. The number of carbonyl (C=O) groups excluding carboxylic acids is 3. The first-order valence-electron chi connectivity index (χ1n) is 12.9. The predicted molar refractivity (Wildman–Crippen MR) is 155 cm³/mol. The SMILES string of the molecule is C=C(C)C(=O)Oc1ccc(OC(=O)/C=C/c2ccc(-c3ccc(OCCCCOC(=O)C(=C)CO)cc3)cc2)cc1. The first kappa shape index (κ1) is 30.6. The normalized spacial score (nSPS) is 10.6. The van der Waals surface area contributed by atoms with E-state index in [-0.39, 0.29) is 17.8 Å². The minimum Gasteiger partial charge on any atom is -0.494 e. The monoisotopic (exact) mass is 556 g/mol. The fourth-order valence-electron chi connectivity index (χ4n) is 3.34. The van der Waals surface area contributed by atoms with Crippen LogP contribution in [-0.2, 0) is 19.1 Å². The lowest BCUT2D eigenvalue weighted by atomic mass is 10.0. The summed E-state index contributed by atoms with van der Waals surface area (Å²) in [5, 5.41) is 8.84. The van der Waals surface area contributed by atoms with Crippen LogP contribution in [0.3, 0.4) is 0 Å². The zero-order valence-corrected chi connectivity index (χ0v) is 22.8. The average Bonchev–Trinajstić information content (AvgIpc) is 2.98. The third-order valence-corrected chi connectivity index (χ3v) is 5.63. The lowest BCUT2D eigenvalue weighted by Gasteiger charge is -2.08. The van der Waals surface area contributed by atoms with E-state index in [2.05, 4.69) is 13.2 Å². The summed E-state index contributed by atoms with van der Waals surface area (Å²) in [4.78, 5) is 35.2. The molecular weight excluding hydrogens is 524 g/mol. The van der Waals surface area contributed by atoms with Gasteiger partial charge >= 0.3 is 17.9 Å². The molecule has 0 aliphatic rings. The molecule has 0 spiro atoms. The molecule has 0 aliphatic carbocycles. The van der Waals surface area contributed by atoms with Crippen LogP contribution in [0.4, 0.5) is 0 Å². The Kier molecular flexibility index (Phi) is 11.6. The molecule has 0 saturated carbocycles. The maximum absolute atomic E-state index is 12.2. The summed E-state index contributed by atoms with van der Waals surface area (Å²) >= 11 is 0. The van der Waals surface area contributed by atoms with Gasteiger partial charge in [-0.15, -0.1) is 0 Å². The van der Waals surface area contributed by atoms with Gasteiger partial charge in [-0.2, -0.15) is 0 Å². The van der Waals surface area contributed by atoms with Gasteiger partial charge in [0, 0.05) is 11.6 Å². The lowest BCUT2D eigenvalue weighted by molar-refractivity contribution is -0.139. The van der Waals surface area contributed by atoms with E-state index in [0.717, 1.165) is 22.4 Å². The number of hydrogen-bond donors (Lipinski definition) is 1. The summed E-state index contributed by atoms with van der Waals surface area (Å²) in [6.45, 7) is 8.83. The minimum absolute atomic E-state index is 0.0400. The van der Waals surface area contributed by atoms with Crippen molar-refractivity contribution in [3.8, 4) is 28.4 Å². The molecule has 0 unspecified atom stereocenters. The van der Waals surface area contributed by atoms with Crippen molar-refractivity contribution >= 4 is 24.0 Å². The number of rotatable bonds is 14. The second-order valence-electron chi connectivity index (χ2n) is 9.00. The second-order valence-corrected chi connectivity index (χ2v) is 9.00. The Bertz CT molecular complexity index is 1380. The zero-order chi connectivity index (χ0) is 29.6. The van der Waals surface area contributed by atoms with Crippen molar-refractivity contribution in [3.05, 3.63) is 109 Å². The highest BCUT2D eigenvalue weighted by Gasteiger charge is 2.08. The van der Waals surface area contributed by atoms with Crippen molar-refractivity contribution in [1.29, 1.82) is 0 Å². The number of hydrogen-bond acceptors (Lipinski definition) is 8. The van der Waals surface area contributed by atoms with Gasteiger partial charge in [-0.3, -0.25) is 0 Å². The first-order valence-corrected chi connectivity index (χ1v) is 12.9. The predicted octanol–water partition coefficient (Wildman–Crippen LogP) is 5.70. The molecule has 3 rings (SSSR count). The van der Waals surface area contributed by atoms with E-state index < -0.39 is 24.5 Å².